The van der Waals surface area contributed by atoms with Gasteiger partial charge in [-0.15, -0.1) is 0 Å². The first-order chi connectivity index (χ1) is 7.25. The van der Waals surface area contributed by atoms with Crippen LogP contribution < -0.4 is 0 Å². The molecule has 0 aliphatic carbocycles. The van der Waals surface area contributed by atoms with E-state index in [0.717, 1.165) is 25.8 Å². The van der Waals surface area contributed by atoms with Gasteiger partial charge in [0.1, 0.15) is 0 Å². The molecule has 1 unspecified atom stereocenters. The maximum absolute atomic E-state index is 9.65. The minimum atomic E-state index is -0.102. The van der Waals surface area contributed by atoms with E-state index in [9.17, 15) is 5.11 Å². The van der Waals surface area contributed by atoms with Crippen LogP contribution in [0.2, 0.25) is 0 Å². The SMILES string of the molecule is CN1CCC(O)C[C@@H]1Cc1ccccc1. The van der Waals surface area contributed by atoms with Crippen LogP contribution in [0.3, 0.4) is 0 Å². The van der Waals surface area contributed by atoms with E-state index in [1.54, 1.807) is 0 Å². The minimum absolute atomic E-state index is 0.102. The highest BCUT2D eigenvalue weighted by atomic mass is 16.3. The highest BCUT2D eigenvalue weighted by Gasteiger charge is 2.24. The van der Waals surface area contributed by atoms with Crippen molar-refractivity contribution in [3.63, 3.8) is 0 Å². The van der Waals surface area contributed by atoms with Crippen molar-refractivity contribution in [1.29, 1.82) is 0 Å². The number of likely N-dealkylation sites (N-methyl/N-ethyl adjacent to an activating group) is 1. The lowest BCUT2D eigenvalue weighted by Gasteiger charge is -2.35. The highest BCUT2D eigenvalue weighted by molar-refractivity contribution is 5.16. The molecule has 0 saturated carbocycles. The smallest absolute Gasteiger partial charge is 0.0567 e. The second-order valence-corrected chi connectivity index (χ2v) is 4.50. The van der Waals surface area contributed by atoms with E-state index in [0.29, 0.717) is 6.04 Å². The summed E-state index contributed by atoms with van der Waals surface area (Å²) in [4.78, 5) is 2.36. The average molecular weight is 205 g/mol. The second-order valence-electron chi connectivity index (χ2n) is 4.50. The van der Waals surface area contributed by atoms with Gasteiger partial charge in [-0.2, -0.15) is 0 Å². The number of aliphatic hydroxyl groups excluding tert-OH is 1. The van der Waals surface area contributed by atoms with Crippen LogP contribution in [0.4, 0.5) is 0 Å². The Bertz CT molecular complexity index is 299. The number of hydrogen-bond donors (Lipinski definition) is 1. The van der Waals surface area contributed by atoms with Gasteiger partial charge in [0.25, 0.3) is 0 Å². The van der Waals surface area contributed by atoms with Crippen molar-refractivity contribution in [2.75, 3.05) is 13.6 Å². The Hall–Kier alpha value is -0.860. The topological polar surface area (TPSA) is 23.5 Å². The first-order valence-electron chi connectivity index (χ1n) is 5.68. The summed E-state index contributed by atoms with van der Waals surface area (Å²) in [6, 6.07) is 11.0. The third-order valence-electron chi connectivity index (χ3n) is 3.30. The van der Waals surface area contributed by atoms with Gasteiger partial charge in [0.05, 0.1) is 6.10 Å². The fourth-order valence-corrected chi connectivity index (χ4v) is 2.27. The molecule has 1 saturated heterocycles. The Morgan fingerprint density at radius 2 is 2.07 bits per heavy atom. The Labute approximate surface area is 91.5 Å². The summed E-state index contributed by atoms with van der Waals surface area (Å²) in [5, 5.41) is 9.65. The van der Waals surface area contributed by atoms with E-state index in [2.05, 4.69) is 36.2 Å². The van der Waals surface area contributed by atoms with Gasteiger partial charge in [0, 0.05) is 12.6 Å². The molecule has 1 aliphatic rings. The molecule has 2 heteroatoms. The summed E-state index contributed by atoms with van der Waals surface area (Å²) in [5.41, 5.74) is 1.36. The summed E-state index contributed by atoms with van der Waals surface area (Å²) >= 11 is 0. The van der Waals surface area contributed by atoms with Crippen LogP contribution in [0.1, 0.15) is 18.4 Å². The lowest BCUT2D eigenvalue weighted by atomic mass is 9.94. The Balaban J connectivity index is 1.98. The molecule has 1 heterocycles. The van der Waals surface area contributed by atoms with Crippen LogP contribution in [-0.4, -0.2) is 35.7 Å². The Morgan fingerprint density at radius 1 is 1.33 bits per heavy atom. The zero-order valence-corrected chi connectivity index (χ0v) is 9.26. The van der Waals surface area contributed by atoms with Crippen LogP contribution in [0.15, 0.2) is 30.3 Å². The summed E-state index contributed by atoms with van der Waals surface area (Å²) in [5.74, 6) is 0. The fourth-order valence-electron chi connectivity index (χ4n) is 2.27. The number of aliphatic hydroxyl groups is 1. The highest BCUT2D eigenvalue weighted by Crippen LogP contribution is 2.19. The zero-order chi connectivity index (χ0) is 10.7. The fraction of sp³-hybridized carbons (Fsp3) is 0.538. The van der Waals surface area contributed by atoms with Crippen molar-refractivity contribution in [2.45, 2.75) is 31.4 Å². The van der Waals surface area contributed by atoms with Crippen molar-refractivity contribution < 1.29 is 5.11 Å². The average Bonchev–Trinajstić information content (AvgIpc) is 2.25. The first kappa shape index (κ1) is 10.7. The molecule has 2 rings (SSSR count). The predicted molar refractivity (Wildman–Crippen MR) is 61.8 cm³/mol. The van der Waals surface area contributed by atoms with E-state index in [1.807, 2.05) is 6.07 Å². The molecule has 0 amide bonds. The Morgan fingerprint density at radius 3 is 2.80 bits per heavy atom. The van der Waals surface area contributed by atoms with Gasteiger partial charge in [-0.25, -0.2) is 0 Å². The zero-order valence-electron chi connectivity index (χ0n) is 9.26. The molecule has 15 heavy (non-hydrogen) atoms. The van der Waals surface area contributed by atoms with Gasteiger partial charge in [0.2, 0.25) is 0 Å². The van der Waals surface area contributed by atoms with E-state index in [4.69, 9.17) is 0 Å². The maximum Gasteiger partial charge on any atom is 0.0567 e. The standard InChI is InChI=1S/C13H19NO/c1-14-8-7-13(15)10-12(14)9-11-5-3-2-4-6-11/h2-6,12-13,15H,7-10H2,1H3/t12-,13?/m0/s1. The van der Waals surface area contributed by atoms with Crippen LogP contribution in [-0.2, 0) is 6.42 Å². The molecular weight excluding hydrogens is 186 g/mol. The molecule has 0 radical (unpaired) electrons. The quantitative estimate of drug-likeness (QED) is 0.794. The van der Waals surface area contributed by atoms with Crippen molar-refractivity contribution in [3.05, 3.63) is 35.9 Å². The molecule has 0 bridgehead atoms. The monoisotopic (exact) mass is 205 g/mol. The molecular formula is C13H19NO. The molecule has 1 aromatic rings. The predicted octanol–water partition coefficient (Wildman–Crippen LogP) is 1.68. The molecule has 2 nitrogen and oxygen atoms in total. The molecule has 0 aromatic heterocycles. The van der Waals surface area contributed by atoms with Gasteiger partial charge >= 0.3 is 0 Å². The maximum atomic E-state index is 9.65. The number of piperidine rings is 1. The lowest BCUT2D eigenvalue weighted by molar-refractivity contribution is 0.0558. The lowest BCUT2D eigenvalue weighted by Crippen LogP contribution is -2.42. The van der Waals surface area contributed by atoms with Gasteiger partial charge < -0.3 is 10.0 Å². The minimum Gasteiger partial charge on any atom is -0.393 e. The largest absolute Gasteiger partial charge is 0.393 e. The number of nitrogens with zero attached hydrogens (tertiary/aromatic N) is 1. The second kappa shape index (κ2) is 4.77. The third kappa shape index (κ3) is 2.80. The van der Waals surface area contributed by atoms with Crippen molar-refractivity contribution in [3.8, 4) is 0 Å². The van der Waals surface area contributed by atoms with Gasteiger partial charge in [-0.05, 0) is 31.9 Å². The Kier molecular flexibility index (Phi) is 3.39. The first-order valence-corrected chi connectivity index (χ1v) is 5.68. The summed E-state index contributed by atoms with van der Waals surface area (Å²) in [7, 11) is 2.15. The van der Waals surface area contributed by atoms with Crippen LogP contribution in [0.5, 0.6) is 0 Å². The van der Waals surface area contributed by atoms with Crippen molar-refractivity contribution in [2.24, 2.45) is 0 Å². The summed E-state index contributed by atoms with van der Waals surface area (Å²) < 4.78 is 0. The van der Waals surface area contributed by atoms with Crippen LogP contribution in [0.25, 0.3) is 0 Å². The molecule has 1 fully saturated rings. The molecule has 1 N–H and O–H groups in total. The molecule has 1 aliphatic heterocycles. The van der Waals surface area contributed by atoms with Crippen molar-refractivity contribution in [1.82, 2.24) is 4.90 Å². The number of rotatable bonds is 2. The number of benzene rings is 1. The van der Waals surface area contributed by atoms with Gasteiger partial charge in [-0.1, -0.05) is 30.3 Å². The summed E-state index contributed by atoms with van der Waals surface area (Å²) in [6.45, 7) is 1.01. The van der Waals surface area contributed by atoms with Crippen molar-refractivity contribution >= 4 is 0 Å². The van der Waals surface area contributed by atoms with Gasteiger partial charge in [0.15, 0.2) is 0 Å². The molecule has 0 spiro atoms. The van der Waals surface area contributed by atoms with Gasteiger partial charge in [-0.3, -0.25) is 0 Å². The molecule has 82 valence electrons. The van der Waals surface area contributed by atoms with E-state index in [1.165, 1.54) is 5.56 Å². The number of likely N-dealkylation sites (tertiary alicyclic amines) is 1. The summed E-state index contributed by atoms with van der Waals surface area (Å²) in [6.07, 6.45) is 2.77. The molecule has 1 aromatic carbocycles. The third-order valence-corrected chi connectivity index (χ3v) is 3.30. The number of hydrogen-bond acceptors (Lipinski definition) is 2. The van der Waals surface area contributed by atoms with E-state index in [-0.39, 0.29) is 6.10 Å². The van der Waals surface area contributed by atoms with Crippen LogP contribution in [0, 0.1) is 0 Å². The molecule has 2 atom stereocenters. The van der Waals surface area contributed by atoms with Crippen LogP contribution >= 0.6 is 0 Å². The van der Waals surface area contributed by atoms with E-state index >= 15 is 0 Å². The normalized spacial score (nSPS) is 27.9. The van der Waals surface area contributed by atoms with E-state index < -0.39 is 0 Å².